The van der Waals surface area contributed by atoms with Crippen molar-refractivity contribution in [1.29, 1.82) is 0 Å². The molecule has 0 N–H and O–H groups in total. The van der Waals surface area contributed by atoms with E-state index in [1.54, 1.807) is 21.1 Å². The zero-order valence-corrected chi connectivity index (χ0v) is 37.0. The number of ether oxygens (including phenoxy) is 4. The molecule has 7 nitrogen and oxygen atoms in total. The van der Waals surface area contributed by atoms with Gasteiger partial charge in [0.15, 0.2) is 8.32 Å². The van der Waals surface area contributed by atoms with E-state index in [1.165, 1.54) is 6.07 Å². The molecule has 4 aromatic carbocycles. The molecule has 0 amide bonds. The Kier molecular flexibility index (Phi) is 14.2. The minimum atomic E-state index is -2.53. The molecule has 304 valence electrons. The lowest BCUT2D eigenvalue weighted by Gasteiger charge is -2.41. The molecule has 0 spiro atoms. The largest absolute Gasteiger partial charge is 0.497 e. The standard InChI is InChI=1S/C45H60F2NO6PSi/c1-29(2)48(30(3)4)55-53-42-40(52-41(37-26-31(5)38(46)27-39(37)47)43(42)54-56(11,12)44(6,7)8)28-51-45(32-16-14-13-15-17-32,33-18-22-35(49-9)23-19-33)34-20-24-36(50-10)25-21-34/h13-27,29-30,40-43,55H,28H2,1-12H3/t40-,41+,42+,43?/m1/s1. The first-order valence-electron chi connectivity index (χ1n) is 19.4. The quantitative estimate of drug-likeness (QED) is 0.0635. The molecular weight excluding hydrogens is 748 g/mol. The maximum Gasteiger partial charge on any atom is 0.192 e. The molecule has 0 saturated carbocycles. The van der Waals surface area contributed by atoms with Crippen LogP contribution in [0.3, 0.4) is 0 Å². The molecule has 2 unspecified atom stereocenters. The van der Waals surface area contributed by atoms with Crippen molar-refractivity contribution in [3.63, 3.8) is 0 Å². The average molecular weight is 808 g/mol. The number of aryl methyl sites for hydroxylation is 1. The summed E-state index contributed by atoms with van der Waals surface area (Å²) in [5.74, 6) is 0.120. The smallest absolute Gasteiger partial charge is 0.192 e. The summed E-state index contributed by atoms with van der Waals surface area (Å²) in [5.41, 5.74) is 2.04. The molecule has 1 heterocycles. The summed E-state index contributed by atoms with van der Waals surface area (Å²) in [6.07, 6.45) is -3.00. The summed E-state index contributed by atoms with van der Waals surface area (Å²) in [6, 6.07) is 28.6. The molecule has 1 aliphatic rings. The van der Waals surface area contributed by atoms with Crippen molar-refractivity contribution in [3.8, 4) is 11.5 Å². The Hall–Kier alpha value is -3.21. The Bertz CT molecular complexity index is 1820. The molecule has 4 aromatic rings. The highest BCUT2D eigenvalue weighted by Gasteiger charge is 2.53. The molecule has 0 bridgehead atoms. The molecule has 1 saturated heterocycles. The molecular formula is C45H60F2NO6PSi. The van der Waals surface area contributed by atoms with E-state index in [9.17, 15) is 4.39 Å². The van der Waals surface area contributed by atoms with E-state index < -0.39 is 50.0 Å². The fourth-order valence-corrected chi connectivity index (χ4v) is 9.25. The summed E-state index contributed by atoms with van der Waals surface area (Å²) < 4.78 is 72.7. The van der Waals surface area contributed by atoms with Gasteiger partial charge in [-0.25, -0.2) is 8.78 Å². The Balaban J connectivity index is 1.68. The number of benzene rings is 4. The number of hydrogen-bond acceptors (Lipinski definition) is 7. The van der Waals surface area contributed by atoms with Gasteiger partial charge in [0.05, 0.1) is 29.8 Å². The molecule has 0 radical (unpaired) electrons. The predicted octanol–water partition coefficient (Wildman–Crippen LogP) is 11.1. The van der Waals surface area contributed by atoms with Crippen molar-refractivity contribution in [2.24, 2.45) is 0 Å². The third-order valence-corrected chi connectivity index (χ3v) is 17.3. The second-order valence-electron chi connectivity index (χ2n) is 16.6. The normalized spacial score (nSPS) is 19.5. The second-order valence-corrected chi connectivity index (χ2v) is 22.3. The SMILES string of the molecule is COc1ccc(C(OC[C@H]2O[C@@H](c3cc(C)c(F)cc3F)C(O[Si](C)(C)C(C)(C)C)[C@H]2OPN(C(C)C)C(C)C)(c2ccccc2)c2ccc(OC)cc2)cc1. The summed E-state index contributed by atoms with van der Waals surface area (Å²) in [6.45, 7) is 21.1. The zero-order valence-electron chi connectivity index (χ0n) is 35.0. The topological polar surface area (TPSA) is 58.6 Å². The number of halogens is 2. The van der Waals surface area contributed by atoms with Gasteiger partial charge in [-0.1, -0.05) is 75.4 Å². The van der Waals surface area contributed by atoms with Crippen LogP contribution in [0.4, 0.5) is 8.78 Å². The van der Waals surface area contributed by atoms with E-state index in [0.29, 0.717) is 17.1 Å². The zero-order chi connectivity index (χ0) is 41.0. The fraction of sp³-hybridized carbons (Fsp3) is 0.467. The van der Waals surface area contributed by atoms with E-state index in [0.717, 1.165) is 22.8 Å². The Morgan fingerprint density at radius 1 is 0.750 bits per heavy atom. The van der Waals surface area contributed by atoms with Gasteiger partial charge in [0.1, 0.15) is 53.2 Å². The van der Waals surface area contributed by atoms with Gasteiger partial charge in [-0.15, -0.1) is 0 Å². The van der Waals surface area contributed by atoms with Gasteiger partial charge >= 0.3 is 0 Å². The van der Waals surface area contributed by atoms with Gasteiger partial charge in [0, 0.05) is 23.7 Å². The van der Waals surface area contributed by atoms with Crippen molar-refractivity contribution in [2.45, 2.75) is 116 Å². The van der Waals surface area contributed by atoms with Crippen molar-refractivity contribution >= 4 is 17.3 Å². The van der Waals surface area contributed by atoms with Crippen molar-refractivity contribution in [2.75, 3.05) is 20.8 Å². The lowest BCUT2D eigenvalue weighted by atomic mass is 9.80. The fourth-order valence-electron chi connectivity index (χ4n) is 7.01. The van der Waals surface area contributed by atoms with Crippen LogP contribution in [0.25, 0.3) is 0 Å². The first kappa shape index (κ1) is 43.9. The van der Waals surface area contributed by atoms with E-state index in [-0.39, 0.29) is 38.3 Å². The van der Waals surface area contributed by atoms with Crippen molar-refractivity contribution in [1.82, 2.24) is 4.67 Å². The predicted molar refractivity (Wildman–Crippen MR) is 224 cm³/mol. The highest BCUT2D eigenvalue weighted by molar-refractivity contribution is 7.29. The van der Waals surface area contributed by atoms with Crippen LogP contribution in [0.5, 0.6) is 11.5 Å². The first-order chi connectivity index (χ1) is 26.4. The van der Waals surface area contributed by atoms with Gasteiger partial charge in [-0.05, 0) is 105 Å². The van der Waals surface area contributed by atoms with E-state index in [4.69, 9.17) is 27.9 Å². The minimum Gasteiger partial charge on any atom is -0.497 e. The van der Waals surface area contributed by atoms with Gasteiger partial charge < -0.3 is 27.9 Å². The van der Waals surface area contributed by atoms with Crippen LogP contribution in [0.2, 0.25) is 18.1 Å². The third-order valence-electron chi connectivity index (χ3n) is 11.2. The molecule has 56 heavy (non-hydrogen) atoms. The van der Waals surface area contributed by atoms with Crippen LogP contribution in [-0.2, 0) is 24.0 Å². The van der Waals surface area contributed by atoms with Gasteiger partial charge in [0.2, 0.25) is 0 Å². The highest BCUT2D eigenvalue weighted by atomic mass is 31.1. The van der Waals surface area contributed by atoms with Crippen LogP contribution < -0.4 is 9.47 Å². The van der Waals surface area contributed by atoms with Crippen LogP contribution >= 0.6 is 8.96 Å². The molecule has 0 aromatic heterocycles. The van der Waals surface area contributed by atoms with Crippen LogP contribution in [0.1, 0.15) is 82.4 Å². The molecule has 1 aliphatic heterocycles. The monoisotopic (exact) mass is 807 g/mol. The Morgan fingerprint density at radius 3 is 1.75 bits per heavy atom. The Labute approximate surface area is 336 Å². The van der Waals surface area contributed by atoms with Gasteiger partial charge in [-0.3, -0.25) is 4.67 Å². The lowest BCUT2D eigenvalue weighted by molar-refractivity contribution is -0.0792. The van der Waals surface area contributed by atoms with Crippen molar-refractivity contribution < 1.29 is 36.7 Å². The highest BCUT2D eigenvalue weighted by Crippen LogP contribution is 2.48. The van der Waals surface area contributed by atoms with Crippen LogP contribution in [-0.4, -0.2) is 64.2 Å². The summed E-state index contributed by atoms with van der Waals surface area (Å²) in [4.78, 5) is 0. The van der Waals surface area contributed by atoms with E-state index in [2.05, 4.69) is 66.2 Å². The third kappa shape index (κ3) is 9.39. The molecule has 5 atom stereocenters. The number of hydrogen-bond donors (Lipinski definition) is 0. The average Bonchev–Trinajstić information content (AvgIpc) is 3.49. The lowest BCUT2D eigenvalue weighted by Crippen LogP contribution is -2.49. The first-order valence-corrected chi connectivity index (χ1v) is 23.2. The molecule has 11 heteroatoms. The van der Waals surface area contributed by atoms with Gasteiger partial charge in [-0.2, -0.15) is 0 Å². The van der Waals surface area contributed by atoms with Crippen LogP contribution in [0.15, 0.2) is 91.0 Å². The second kappa shape index (κ2) is 18.2. The minimum absolute atomic E-state index is 0.0386. The van der Waals surface area contributed by atoms with E-state index >= 15 is 4.39 Å². The molecule has 0 aliphatic carbocycles. The van der Waals surface area contributed by atoms with E-state index in [1.807, 2.05) is 78.9 Å². The Morgan fingerprint density at radius 2 is 1.27 bits per heavy atom. The maximum absolute atomic E-state index is 16.0. The number of rotatable bonds is 16. The van der Waals surface area contributed by atoms with Crippen molar-refractivity contribution in [3.05, 3.63) is 130 Å². The summed E-state index contributed by atoms with van der Waals surface area (Å²) in [5, 5.41) is -0.177. The molecule has 5 rings (SSSR count). The van der Waals surface area contributed by atoms with Crippen LogP contribution in [0, 0.1) is 18.6 Å². The molecule has 1 fully saturated rings. The number of nitrogens with zero attached hydrogens (tertiary/aromatic N) is 1. The summed E-state index contributed by atoms with van der Waals surface area (Å²) in [7, 11) is 0.717. The number of methoxy groups -OCH3 is 2. The summed E-state index contributed by atoms with van der Waals surface area (Å²) >= 11 is 0. The maximum atomic E-state index is 16.0. The van der Waals surface area contributed by atoms with Gasteiger partial charge in [0.25, 0.3) is 0 Å².